The molecular weight excluding hydrogens is 308 g/mol. The Morgan fingerprint density at radius 2 is 1.65 bits per heavy atom. The second kappa shape index (κ2) is 6.71. The Bertz CT molecular complexity index is 857. The van der Waals surface area contributed by atoms with Gasteiger partial charge in [-0.1, -0.05) is 29.8 Å². The Balaban J connectivity index is 1.83. The van der Waals surface area contributed by atoms with Crippen LogP contribution in [0, 0.1) is 0 Å². The molecule has 0 heterocycles. The molecule has 0 aliphatic carbocycles. The molecule has 0 aliphatic heterocycles. The number of rotatable bonds is 4. The summed E-state index contributed by atoms with van der Waals surface area (Å²) >= 11 is 5.87. The first-order valence-electron chi connectivity index (χ1n) is 7.30. The average molecular weight is 325 g/mol. The first-order valence-corrected chi connectivity index (χ1v) is 7.67. The summed E-state index contributed by atoms with van der Waals surface area (Å²) in [5, 5.41) is 7.44. The van der Waals surface area contributed by atoms with Gasteiger partial charge in [0.1, 0.15) is 5.75 Å². The molecule has 0 radical (unpaired) electrons. The van der Waals surface area contributed by atoms with E-state index in [4.69, 9.17) is 16.3 Å². The summed E-state index contributed by atoms with van der Waals surface area (Å²) in [7, 11) is 1.68. The Kier molecular flexibility index (Phi) is 4.49. The summed E-state index contributed by atoms with van der Waals surface area (Å²) < 4.78 is 5.25. The fourth-order valence-corrected chi connectivity index (χ4v) is 2.44. The van der Waals surface area contributed by atoms with Crippen LogP contribution in [0.3, 0.4) is 0 Å². The Labute approximate surface area is 140 Å². The number of anilines is 1. The summed E-state index contributed by atoms with van der Waals surface area (Å²) in [6, 6.07) is 19.8. The molecule has 3 rings (SSSR count). The molecule has 0 atom stereocenters. The fraction of sp³-hybridized carbons (Fsp3) is 0.105. The largest absolute Gasteiger partial charge is 0.497 e. The number of halogens is 1. The molecular formula is C19H17ClN2O. The van der Waals surface area contributed by atoms with Gasteiger partial charge in [-0.2, -0.15) is 5.10 Å². The van der Waals surface area contributed by atoms with E-state index in [0.717, 1.165) is 33.5 Å². The van der Waals surface area contributed by atoms with Crippen molar-refractivity contribution in [3.63, 3.8) is 0 Å². The highest BCUT2D eigenvalue weighted by atomic mass is 35.5. The molecule has 3 aromatic rings. The molecule has 0 amide bonds. The number of methoxy groups -OCH3 is 1. The van der Waals surface area contributed by atoms with Gasteiger partial charge in [-0.3, -0.25) is 5.43 Å². The Morgan fingerprint density at radius 3 is 2.39 bits per heavy atom. The van der Waals surface area contributed by atoms with Gasteiger partial charge in [-0.05, 0) is 65.7 Å². The standard InChI is InChI=1S/C19H17ClN2O/c1-13(21-22-18-8-6-17(20)7-9-18)14-3-4-16-12-19(23-2)10-5-15(16)11-14/h3-12,22H,1-2H3. The molecule has 4 heteroatoms. The minimum atomic E-state index is 0.709. The van der Waals surface area contributed by atoms with Gasteiger partial charge in [0.05, 0.1) is 18.5 Å². The molecule has 0 saturated carbocycles. The van der Waals surface area contributed by atoms with Crippen molar-refractivity contribution < 1.29 is 4.74 Å². The summed E-state index contributed by atoms with van der Waals surface area (Å²) in [5.74, 6) is 0.861. The predicted octanol–water partition coefficient (Wildman–Crippen LogP) is 5.34. The fourth-order valence-electron chi connectivity index (χ4n) is 2.31. The smallest absolute Gasteiger partial charge is 0.119 e. The van der Waals surface area contributed by atoms with Crippen molar-refractivity contribution in [1.82, 2.24) is 0 Å². The zero-order valence-electron chi connectivity index (χ0n) is 13.0. The summed E-state index contributed by atoms with van der Waals surface area (Å²) in [4.78, 5) is 0. The third-order valence-corrected chi connectivity index (χ3v) is 3.91. The lowest BCUT2D eigenvalue weighted by Crippen LogP contribution is -1.99. The van der Waals surface area contributed by atoms with E-state index < -0.39 is 0 Å². The first-order chi connectivity index (χ1) is 11.2. The van der Waals surface area contributed by atoms with Crippen LogP contribution in [0.15, 0.2) is 65.8 Å². The van der Waals surface area contributed by atoms with E-state index in [1.165, 1.54) is 0 Å². The first kappa shape index (κ1) is 15.4. The van der Waals surface area contributed by atoms with Gasteiger partial charge >= 0.3 is 0 Å². The van der Waals surface area contributed by atoms with Gasteiger partial charge in [0, 0.05) is 5.02 Å². The molecule has 0 bridgehead atoms. The van der Waals surface area contributed by atoms with Gasteiger partial charge in [-0.15, -0.1) is 0 Å². The number of benzene rings is 3. The highest BCUT2D eigenvalue weighted by Gasteiger charge is 2.02. The third-order valence-electron chi connectivity index (χ3n) is 3.66. The number of hydrogen-bond acceptors (Lipinski definition) is 3. The van der Waals surface area contributed by atoms with Gasteiger partial charge in [0.2, 0.25) is 0 Å². The van der Waals surface area contributed by atoms with Gasteiger partial charge in [0.25, 0.3) is 0 Å². The number of hydrazone groups is 1. The molecule has 0 aromatic heterocycles. The molecule has 0 unspecified atom stereocenters. The Hall–Kier alpha value is -2.52. The van der Waals surface area contributed by atoms with Crippen LogP contribution in [0.2, 0.25) is 5.02 Å². The molecule has 1 N–H and O–H groups in total. The lowest BCUT2D eigenvalue weighted by molar-refractivity contribution is 0.415. The lowest BCUT2D eigenvalue weighted by atomic mass is 10.0. The molecule has 0 aliphatic rings. The zero-order valence-corrected chi connectivity index (χ0v) is 13.8. The van der Waals surface area contributed by atoms with Crippen molar-refractivity contribution in [2.24, 2.45) is 5.10 Å². The number of nitrogens with zero attached hydrogens (tertiary/aromatic N) is 1. The van der Waals surface area contributed by atoms with E-state index in [1.54, 1.807) is 7.11 Å². The predicted molar refractivity (Wildman–Crippen MR) is 97.8 cm³/mol. The van der Waals surface area contributed by atoms with Crippen molar-refractivity contribution >= 4 is 33.8 Å². The minimum absolute atomic E-state index is 0.709. The number of hydrogen-bond donors (Lipinski definition) is 1. The van der Waals surface area contributed by atoms with Crippen LogP contribution in [0.25, 0.3) is 10.8 Å². The SMILES string of the molecule is COc1ccc2cc(C(C)=NNc3ccc(Cl)cc3)ccc2c1. The third kappa shape index (κ3) is 3.63. The monoisotopic (exact) mass is 324 g/mol. The van der Waals surface area contributed by atoms with E-state index in [1.807, 2.05) is 43.3 Å². The maximum atomic E-state index is 5.87. The van der Waals surface area contributed by atoms with Crippen LogP contribution in [0.4, 0.5) is 5.69 Å². The molecule has 0 fully saturated rings. The van der Waals surface area contributed by atoms with Crippen molar-refractivity contribution in [3.05, 3.63) is 71.2 Å². The van der Waals surface area contributed by atoms with E-state index >= 15 is 0 Å². The number of ether oxygens (including phenoxy) is 1. The van der Waals surface area contributed by atoms with Crippen molar-refractivity contribution in [2.45, 2.75) is 6.92 Å². The average Bonchev–Trinajstić information content (AvgIpc) is 2.60. The van der Waals surface area contributed by atoms with Crippen LogP contribution in [-0.4, -0.2) is 12.8 Å². The normalized spacial score (nSPS) is 11.5. The van der Waals surface area contributed by atoms with Gasteiger partial charge in [-0.25, -0.2) is 0 Å². The molecule has 23 heavy (non-hydrogen) atoms. The molecule has 3 nitrogen and oxygen atoms in total. The summed E-state index contributed by atoms with van der Waals surface area (Å²) in [6.07, 6.45) is 0. The van der Waals surface area contributed by atoms with Gasteiger partial charge < -0.3 is 4.74 Å². The van der Waals surface area contributed by atoms with Crippen LogP contribution in [0.5, 0.6) is 5.75 Å². The number of nitrogens with one attached hydrogen (secondary N) is 1. The maximum absolute atomic E-state index is 5.87. The van der Waals surface area contributed by atoms with Crippen molar-refractivity contribution in [1.29, 1.82) is 0 Å². The molecule has 3 aromatic carbocycles. The number of fused-ring (bicyclic) bond motifs is 1. The van der Waals surface area contributed by atoms with Crippen LogP contribution < -0.4 is 10.2 Å². The van der Waals surface area contributed by atoms with Crippen LogP contribution in [-0.2, 0) is 0 Å². The lowest BCUT2D eigenvalue weighted by Gasteiger charge is -2.07. The van der Waals surface area contributed by atoms with Crippen molar-refractivity contribution in [3.8, 4) is 5.75 Å². The highest BCUT2D eigenvalue weighted by molar-refractivity contribution is 6.30. The quantitative estimate of drug-likeness (QED) is 0.519. The van der Waals surface area contributed by atoms with E-state index in [0.29, 0.717) is 5.02 Å². The van der Waals surface area contributed by atoms with Crippen LogP contribution in [0.1, 0.15) is 12.5 Å². The van der Waals surface area contributed by atoms with E-state index in [9.17, 15) is 0 Å². The van der Waals surface area contributed by atoms with Gasteiger partial charge in [0.15, 0.2) is 0 Å². The van der Waals surface area contributed by atoms with E-state index in [-0.39, 0.29) is 0 Å². The second-order valence-corrected chi connectivity index (χ2v) is 5.68. The molecule has 0 saturated heterocycles. The van der Waals surface area contributed by atoms with E-state index in [2.05, 4.69) is 34.8 Å². The summed E-state index contributed by atoms with van der Waals surface area (Å²) in [6.45, 7) is 1.98. The van der Waals surface area contributed by atoms with Crippen molar-refractivity contribution in [2.75, 3.05) is 12.5 Å². The molecule has 116 valence electrons. The molecule has 0 spiro atoms. The topological polar surface area (TPSA) is 33.6 Å². The Morgan fingerprint density at radius 1 is 0.957 bits per heavy atom. The zero-order chi connectivity index (χ0) is 16.2. The highest BCUT2D eigenvalue weighted by Crippen LogP contribution is 2.22. The maximum Gasteiger partial charge on any atom is 0.119 e. The summed E-state index contributed by atoms with van der Waals surface area (Å²) in [5.41, 5.74) is 5.94. The minimum Gasteiger partial charge on any atom is -0.497 e. The van der Waals surface area contributed by atoms with Crippen LogP contribution >= 0.6 is 11.6 Å². The second-order valence-electron chi connectivity index (χ2n) is 5.24.